The van der Waals surface area contributed by atoms with Crippen LogP contribution in [0.3, 0.4) is 0 Å². The molecule has 0 radical (unpaired) electrons. The number of hydrogen-bond acceptors (Lipinski definition) is 2. The monoisotopic (exact) mass is 311 g/mol. The number of benzene rings is 1. The van der Waals surface area contributed by atoms with Gasteiger partial charge in [-0.1, -0.05) is 12.1 Å². The van der Waals surface area contributed by atoms with Crippen molar-refractivity contribution < 1.29 is 9.53 Å². The molecule has 0 saturated carbocycles. The number of rotatable bonds is 3. The highest BCUT2D eigenvalue weighted by molar-refractivity contribution is 9.10. The Hall–Kier alpha value is -0.870. The second-order valence-corrected chi connectivity index (χ2v) is 5.58. The number of ether oxygens (including phenoxy) is 1. The van der Waals surface area contributed by atoms with Crippen molar-refractivity contribution in [2.45, 2.75) is 12.8 Å². The first kappa shape index (κ1) is 13.6. The third-order valence-electron chi connectivity index (χ3n) is 3.32. The fraction of sp³-hybridized carbons (Fsp3) is 0.500. The molecule has 1 heterocycles. The van der Waals surface area contributed by atoms with Crippen LogP contribution >= 0.6 is 15.9 Å². The molecule has 1 saturated heterocycles. The lowest BCUT2D eigenvalue weighted by atomic mass is 9.99. The van der Waals surface area contributed by atoms with Crippen LogP contribution in [-0.4, -0.2) is 37.6 Å². The third-order valence-corrected chi connectivity index (χ3v) is 4.02. The normalized spacial score (nSPS) is 16.6. The van der Waals surface area contributed by atoms with Crippen LogP contribution in [0.2, 0.25) is 0 Å². The molecule has 0 spiro atoms. The zero-order valence-corrected chi connectivity index (χ0v) is 12.1. The summed E-state index contributed by atoms with van der Waals surface area (Å²) in [5.41, 5.74) is 0.729. The van der Waals surface area contributed by atoms with Crippen LogP contribution in [0.4, 0.5) is 0 Å². The summed E-state index contributed by atoms with van der Waals surface area (Å²) in [6, 6.07) is 7.56. The molecule has 0 atom stereocenters. The molecule has 3 nitrogen and oxygen atoms in total. The van der Waals surface area contributed by atoms with E-state index in [1.165, 1.54) is 0 Å². The molecule has 0 bridgehead atoms. The van der Waals surface area contributed by atoms with Crippen LogP contribution in [0, 0.1) is 5.92 Å². The summed E-state index contributed by atoms with van der Waals surface area (Å²) in [6.45, 7) is 2.45. The van der Waals surface area contributed by atoms with E-state index in [1.807, 2.05) is 36.2 Å². The number of nitrogens with zero attached hydrogens (tertiary/aromatic N) is 1. The van der Waals surface area contributed by atoms with Crippen molar-refractivity contribution >= 4 is 21.8 Å². The van der Waals surface area contributed by atoms with Crippen molar-refractivity contribution in [3.8, 4) is 0 Å². The van der Waals surface area contributed by atoms with Gasteiger partial charge in [-0.05, 0) is 46.8 Å². The summed E-state index contributed by atoms with van der Waals surface area (Å²) in [7, 11) is 1.87. The fourth-order valence-corrected chi connectivity index (χ4v) is 2.69. The number of amides is 1. The van der Waals surface area contributed by atoms with Gasteiger partial charge in [-0.25, -0.2) is 0 Å². The van der Waals surface area contributed by atoms with Crippen LogP contribution < -0.4 is 0 Å². The molecule has 1 aromatic rings. The molecule has 98 valence electrons. The van der Waals surface area contributed by atoms with E-state index in [-0.39, 0.29) is 5.91 Å². The molecule has 0 aliphatic carbocycles. The minimum atomic E-state index is 0.0777. The van der Waals surface area contributed by atoms with E-state index in [0.717, 1.165) is 42.6 Å². The zero-order chi connectivity index (χ0) is 13.0. The summed E-state index contributed by atoms with van der Waals surface area (Å²) in [5, 5.41) is 0. The van der Waals surface area contributed by atoms with E-state index >= 15 is 0 Å². The lowest BCUT2D eigenvalue weighted by Gasteiger charge is -2.27. The average molecular weight is 312 g/mol. The van der Waals surface area contributed by atoms with Crippen LogP contribution in [0.25, 0.3) is 0 Å². The number of carbonyl (C=O) groups is 1. The maximum Gasteiger partial charge on any atom is 0.254 e. The molecule has 1 fully saturated rings. The molecule has 1 aromatic carbocycles. The van der Waals surface area contributed by atoms with Crippen molar-refractivity contribution in [1.82, 2.24) is 4.90 Å². The maximum absolute atomic E-state index is 12.3. The van der Waals surface area contributed by atoms with Crippen molar-refractivity contribution in [2.24, 2.45) is 5.92 Å². The first-order valence-electron chi connectivity index (χ1n) is 6.26. The van der Waals surface area contributed by atoms with Crippen molar-refractivity contribution in [1.29, 1.82) is 0 Å². The Morgan fingerprint density at radius 1 is 1.39 bits per heavy atom. The van der Waals surface area contributed by atoms with Crippen LogP contribution in [0.5, 0.6) is 0 Å². The zero-order valence-electron chi connectivity index (χ0n) is 10.6. The maximum atomic E-state index is 12.3. The highest BCUT2D eigenvalue weighted by Gasteiger charge is 2.20. The van der Waals surface area contributed by atoms with Gasteiger partial charge in [-0.2, -0.15) is 0 Å². The van der Waals surface area contributed by atoms with Gasteiger partial charge in [0, 0.05) is 31.3 Å². The lowest BCUT2D eigenvalue weighted by Crippen LogP contribution is -2.34. The molecule has 0 N–H and O–H groups in total. The number of halogens is 1. The summed E-state index contributed by atoms with van der Waals surface area (Å²) in [6.07, 6.45) is 2.10. The second kappa shape index (κ2) is 6.34. The molecule has 1 aliphatic heterocycles. The van der Waals surface area contributed by atoms with Gasteiger partial charge in [0.1, 0.15) is 0 Å². The Morgan fingerprint density at radius 3 is 2.72 bits per heavy atom. The van der Waals surface area contributed by atoms with Crippen molar-refractivity contribution in [2.75, 3.05) is 26.8 Å². The smallest absolute Gasteiger partial charge is 0.254 e. The quantitative estimate of drug-likeness (QED) is 0.859. The number of hydrogen-bond donors (Lipinski definition) is 0. The number of carbonyl (C=O) groups excluding carboxylic acids is 1. The molecule has 18 heavy (non-hydrogen) atoms. The highest BCUT2D eigenvalue weighted by atomic mass is 79.9. The van der Waals surface area contributed by atoms with Gasteiger partial charge < -0.3 is 9.64 Å². The summed E-state index contributed by atoms with van der Waals surface area (Å²) in [5.74, 6) is 0.643. The summed E-state index contributed by atoms with van der Waals surface area (Å²) in [4.78, 5) is 14.1. The first-order chi connectivity index (χ1) is 8.68. The topological polar surface area (TPSA) is 29.5 Å². The predicted molar refractivity (Wildman–Crippen MR) is 74.6 cm³/mol. The molecule has 2 rings (SSSR count). The standard InChI is InChI=1S/C14H18BrNO2/c1-16(10-11-6-8-18-9-7-11)14(17)12-4-2-3-5-13(12)15/h2-5,11H,6-10H2,1H3. The molecule has 1 amide bonds. The average Bonchev–Trinajstić information content (AvgIpc) is 2.39. The highest BCUT2D eigenvalue weighted by Crippen LogP contribution is 2.20. The van der Waals surface area contributed by atoms with Gasteiger partial charge in [0.05, 0.1) is 5.56 Å². The Balaban J connectivity index is 1.98. The minimum absolute atomic E-state index is 0.0777. The van der Waals surface area contributed by atoms with Crippen LogP contribution in [0.15, 0.2) is 28.7 Å². The van der Waals surface area contributed by atoms with Crippen molar-refractivity contribution in [3.63, 3.8) is 0 Å². The molecule has 4 heteroatoms. The molecular weight excluding hydrogens is 294 g/mol. The van der Waals surface area contributed by atoms with Gasteiger partial charge in [-0.3, -0.25) is 4.79 Å². The van der Waals surface area contributed by atoms with E-state index in [2.05, 4.69) is 15.9 Å². The van der Waals surface area contributed by atoms with E-state index < -0.39 is 0 Å². The molecular formula is C14H18BrNO2. The predicted octanol–water partition coefficient (Wildman–Crippen LogP) is 2.95. The minimum Gasteiger partial charge on any atom is -0.381 e. The van der Waals surface area contributed by atoms with E-state index in [1.54, 1.807) is 0 Å². The Kier molecular flexibility index (Phi) is 4.78. The van der Waals surface area contributed by atoms with Crippen molar-refractivity contribution in [3.05, 3.63) is 34.3 Å². The molecule has 0 unspecified atom stereocenters. The molecule has 0 aromatic heterocycles. The molecule has 1 aliphatic rings. The van der Waals surface area contributed by atoms with Crippen LogP contribution in [-0.2, 0) is 4.74 Å². The van der Waals surface area contributed by atoms with Gasteiger partial charge in [0.25, 0.3) is 5.91 Å². The van der Waals surface area contributed by atoms with Gasteiger partial charge in [0.15, 0.2) is 0 Å². The Labute approximate surface area is 116 Å². The van der Waals surface area contributed by atoms with Gasteiger partial charge in [0.2, 0.25) is 0 Å². The van der Waals surface area contributed by atoms with Gasteiger partial charge >= 0.3 is 0 Å². The van der Waals surface area contributed by atoms with E-state index in [9.17, 15) is 4.79 Å². The Bertz CT molecular complexity index is 416. The summed E-state index contributed by atoms with van der Waals surface area (Å²) < 4.78 is 6.19. The SMILES string of the molecule is CN(CC1CCOCC1)C(=O)c1ccccc1Br. The fourth-order valence-electron chi connectivity index (χ4n) is 2.24. The first-order valence-corrected chi connectivity index (χ1v) is 7.05. The van der Waals surface area contributed by atoms with Gasteiger partial charge in [-0.15, -0.1) is 0 Å². The van der Waals surface area contributed by atoms with E-state index in [4.69, 9.17) is 4.74 Å². The summed E-state index contributed by atoms with van der Waals surface area (Å²) >= 11 is 3.42. The lowest BCUT2D eigenvalue weighted by molar-refractivity contribution is 0.0497. The largest absolute Gasteiger partial charge is 0.381 e. The second-order valence-electron chi connectivity index (χ2n) is 4.72. The Morgan fingerprint density at radius 2 is 2.06 bits per heavy atom. The van der Waals surface area contributed by atoms with E-state index in [0.29, 0.717) is 5.92 Å². The third kappa shape index (κ3) is 3.33. The van der Waals surface area contributed by atoms with Crippen LogP contribution in [0.1, 0.15) is 23.2 Å².